The van der Waals surface area contributed by atoms with Gasteiger partial charge in [-0.05, 0) is 12.8 Å². The lowest BCUT2D eigenvalue weighted by molar-refractivity contribution is -0.133. The maximum absolute atomic E-state index is 12.2. The predicted molar refractivity (Wildman–Crippen MR) is 67.2 cm³/mol. The molecule has 1 fully saturated rings. The molecule has 100 valence electrons. The summed E-state index contributed by atoms with van der Waals surface area (Å²) in [6.45, 7) is 1.79. The number of carbonyl (C=O) groups is 1. The second-order valence-electron chi connectivity index (χ2n) is 4.75. The summed E-state index contributed by atoms with van der Waals surface area (Å²) in [6, 6.07) is 0. The SMILES string of the molecule is O=C(Cn1ccnn1)N1CCCC(c2ncc[nH]2)C1. The standard InChI is InChI=1S/C12H16N6O/c19-11(9-18-7-5-15-16-18)17-6-1-2-10(8-17)12-13-3-4-14-12/h3-5,7,10H,1-2,6,8-9H2,(H,13,14). The minimum absolute atomic E-state index is 0.0850. The van der Waals surface area contributed by atoms with Crippen LogP contribution < -0.4 is 0 Å². The van der Waals surface area contributed by atoms with Crippen LogP contribution in [0.25, 0.3) is 0 Å². The highest BCUT2D eigenvalue weighted by atomic mass is 16.2. The van der Waals surface area contributed by atoms with E-state index >= 15 is 0 Å². The number of likely N-dealkylation sites (tertiary alicyclic amines) is 1. The molecular weight excluding hydrogens is 244 g/mol. The molecule has 7 nitrogen and oxygen atoms in total. The van der Waals surface area contributed by atoms with Gasteiger partial charge in [0, 0.05) is 37.6 Å². The first-order valence-corrected chi connectivity index (χ1v) is 6.44. The second-order valence-corrected chi connectivity index (χ2v) is 4.75. The van der Waals surface area contributed by atoms with Crippen LogP contribution in [0.15, 0.2) is 24.8 Å². The van der Waals surface area contributed by atoms with E-state index in [1.54, 1.807) is 23.3 Å². The third-order valence-corrected chi connectivity index (χ3v) is 3.45. The lowest BCUT2D eigenvalue weighted by Crippen LogP contribution is -2.41. The zero-order chi connectivity index (χ0) is 13.1. The molecule has 0 bridgehead atoms. The molecule has 1 N–H and O–H groups in total. The van der Waals surface area contributed by atoms with Gasteiger partial charge >= 0.3 is 0 Å². The number of amides is 1. The highest BCUT2D eigenvalue weighted by Gasteiger charge is 2.26. The van der Waals surface area contributed by atoms with Gasteiger partial charge in [-0.1, -0.05) is 5.21 Å². The minimum atomic E-state index is 0.0850. The molecular formula is C12H16N6O. The van der Waals surface area contributed by atoms with Gasteiger partial charge in [0.1, 0.15) is 12.4 Å². The summed E-state index contributed by atoms with van der Waals surface area (Å²) in [5.74, 6) is 1.36. The average molecular weight is 260 g/mol. The molecule has 1 aliphatic heterocycles. The van der Waals surface area contributed by atoms with E-state index in [-0.39, 0.29) is 12.5 Å². The lowest BCUT2D eigenvalue weighted by Gasteiger charge is -2.31. The number of hydrogen-bond acceptors (Lipinski definition) is 4. The van der Waals surface area contributed by atoms with Gasteiger partial charge < -0.3 is 9.88 Å². The number of hydrogen-bond donors (Lipinski definition) is 1. The molecule has 7 heteroatoms. The van der Waals surface area contributed by atoms with Crippen molar-refractivity contribution in [1.82, 2.24) is 29.9 Å². The number of piperidine rings is 1. The number of aromatic nitrogens is 5. The first kappa shape index (κ1) is 11.9. The molecule has 1 saturated heterocycles. The normalized spacial score (nSPS) is 19.6. The molecule has 1 amide bonds. The van der Waals surface area contributed by atoms with Crippen molar-refractivity contribution in [2.75, 3.05) is 13.1 Å². The maximum Gasteiger partial charge on any atom is 0.244 e. The molecule has 0 aromatic carbocycles. The Hall–Kier alpha value is -2.18. The summed E-state index contributed by atoms with van der Waals surface area (Å²) in [5.41, 5.74) is 0. The van der Waals surface area contributed by atoms with Gasteiger partial charge in [-0.25, -0.2) is 9.67 Å². The second kappa shape index (κ2) is 5.21. The van der Waals surface area contributed by atoms with Crippen LogP contribution in [-0.2, 0) is 11.3 Å². The number of aromatic amines is 1. The molecule has 0 aliphatic carbocycles. The highest BCUT2D eigenvalue weighted by molar-refractivity contribution is 5.76. The van der Waals surface area contributed by atoms with E-state index in [0.29, 0.717) is 5.92 Å². The molecule has 0 radical (unpaired) electrons. The van der Waals surface area contributed by atoms with Crippen LogP contribution in [0, 0.1) is 0 Å². The third kappa shape index (κ3) is 2.64. The Labute approximate surface area is 110 Å². The number of carbonyl (C=O) groups excluding carboxylic acids is 1. The lowest BCUT2D eigenvalue weighted by atomic mass is 9.97. The monoisotopic (exact) mass is 260 g/mol. The van der Waals surface area contributed by atoms with E-state index in [9.17, 15) is 4.79 Å². The summed E-state index contributed by atoms with van der Waals surface area (Å²) in [7, 11) is 0. The molecule has 0 saturated carbocycles. The Kier molecular flexibility index (Phi) is 3.26. The molecule has 2 aromatic rings. The predicted octanol–water partition coefficient (Wildman–Crippen LogP) is 0.407. The number of nitrogens with one attached hydrogen (secondary N) is 1. The number of imidazole rings is 1. The molecule has 3 heterocycles. The zero-order valence-electron chi connectivity index (χ0n) is 10.6. The van der Waals surface area contributed by atoms with Gasteiger partial charge in [-0.15, -0.1) is 5.10 Å². The van der Waals surface area contributed by atoms with E-state index in [2.05, 4.69) is 20.3 Å². The van der Waals surface area contributed by atoms with Gasteiger partial charge in [-0.3, -0.25) is 4.79 Å². The van der Waals surface area contributed by atoms with E-state index in [1.165, 1.54) is 0 Å². The molecule has 19 heavy (non-hydrogen) atoms. The van der Waals surface area contributed by atoms with E-state index in [1.807, 2.05) is 11.1 Å². The summed E-state index contributed by atoms with van der Waals surface area (Å²) in [4.78, 5) is 21.5. The van der Waals surface area contributed by atoms with Crippen molar-refractivity contribution in [2.24, 2.45) is 0 Å². The molecule has 3 rings (SSSR count). The molecule has 1 atom stereocenters. The summed E-state index contributed by atoms with van der Waals surface area (Å²) >= 11 is 0. The Balaban J connectivity index is 1.63. The fourth-order valence-corrected chi connectivity index (χ4v) is 2.48. The molecule has 2 aromatic heterocycles. The highest BCUT2D eigenvalue weighted by Crippen LogP contribution is 2.24. The zero-order valence-corrected chi connectivity index (χ0v) is 10.6. The van der Waals surface area contributed by atoms with Crippen molar-refractivity contribution in [3.05, 3.63) is 30.6 Å². The van der Waals surface area contributed by atoms with Crippen LogP contribution in [0.5, 0.6) is 0 Å². The number of H-pyrrole nitrogens is 1. The van der Waals surface area contributed by atoms with Gasteiger partial charge in [0.05, 0.1) is 6.20 Å². The van der Waals surface area contributed by atoms with Crippen LogP contribution in [0.4, 0.5) is 0 Å². The number of nitrogens with zero attached hydrogens (tertiary/aromatic N) is 5. The molecule has 1 aliphatic rings. The van der Waals surface area contributed by atoms with Crippen LogP contribution >= 0.6 is 0 Å². The summed E-state index contributed by atoms with van der Waals surface area (Å²) in [5, 5.41) is 7.52. The van der Waals surface area contributed by atoms with Crippen LogP contribution in [0.1, 0.15) is 24.6 Å². The van der Waals surface area contributed by atoms with Gasteiger partial charge in [0.15, 0.2) is 0 Å². The topological polar surface area (TPSA) is 79.7 Å². The summed E-state index contributed by atoms with van der Waals surface area (Å²) < 4.78 is 1.55. The van der Waals surface area contributed by atoms with Gasteiger partial charge in [0.25, 0.3) is 0 Å². The van der Waals surface area contributed by atoms with Crippen molar-refractivity contribution in [1.29, 1.82) is 0 Å². The minimum Gasteiger partial charge on any atom is -0.348 e. The van der Waals surface area contributed by atoms with Crippen LogP contribution in [0.3, 0.4) is 0 Å². The van der Waals surface area contributed by atoms with Gasteiger partial charge in [-0.2, -0.15) is 0 Å². The Morgan fingerprint density at radius 1 is 1.47 bits per heavy atom. The maximum atomic E-state index is 12.2. The van der Waals surface area contributed by atoms with E-state index < -0.39 is 0 Å². The Bertz CT molecular complexity index is 520. The third-order valence-electron chi connectivity index (χ3n) is 3.45. The molecule has 1 unspecified atom stereocenters. The van der Waals surface area contributed by atoms with Crippen molar-refractivity contribution >= 4 is 5.91 Å². The van der Waals surface area contributed by atoms with Crippen molar-refractivity contribution < 1.29 is 4.79 Å². The summed E-state index contributed by atoms with van der Waals surface area (Å²) in [6.07, 6.45) is 8.94. The van der Waals surface area contributed by atoms with Crippen molar-refractivity contribution in [2.45, 2.75) is 25.3 Å². The fraction of sp³-hybridized carbons (Fsp3) is 0.500. The first-order valence-electron chi connectivity index (χ1n) is 6.44. The largest absolute Gasteiger partial charge is 0.348 e. The molecule has 0 spiro atoms. The first-order chi connectivity index (χ1) is 9.33. The van der Waals surface area contributed by atoms with E-state index in [0.717, 1.165) is 31.8 Å². The smallest absolute Gasteiger partial charge is 0.244 e. The average Bonchev–Trinajstić information content (AvgIpc) is 3.12. The Morgan fingerprint density at radius 2 is 2.42 bits per heavy atom. The fourth-order valence-electron chi connectivity index (χ4n) is 2.48. The van der Waals surface area contributed by atoms with Crippen LogP contribution in [0.2, 0.25) is 0 Å². The Morgan fingerprint density at radius 3 is 3.16 bits per heavy atom. The quantitative estimate of drug-likeness (QED) is 0.866. The number of rotatable bonds is 3. The van der Waals surface area contributed by atoms with E-state index in [4.69, 9.17) is 0 Å². The van der Waals surface area contributed by atoms with Crippen molar-refractivity contribution in [3.8, 4) is 0 Å². The van der Waals surface area contributed by atoms with Crippen LogP contribution in [-0.4, -0.2) is 48.9 Å². The van der Waals surface area contributed by atoms with Crippen molar-refractivity contribution in [3.63, 3.8) is 0 Å². The van der Waals surface area contributed by atoms with Gasteiger partial charge in [0.2, 0.25) is 5.91 Å².